The van der Waals surface area contributed by atoms with Crippen molar-refractivity contribution < 1.29 is 80.2 Å². The molecule has 0 aromatic rings. The van der Waals surface area contributed by atoms with E-state index in [-0.39, 0.29) is 25.7 Å². The highest BCUT2D eigenvalue weighted by Gasteiger charge is 2.30. The van der Waals surface area contributed by atoms with Gasteiger partial charge in [-0.1, -0.05) is 356 Å². The van der Waals surface area contributed by atoms with Crippen molar-refractivity contribution in [2.75, 3.05) is 39.6 Å². The molecular formula is C78H152O17P2. The van der Waals surface area contributed by atoms with Gasteiger partial charge < -0.3 is 33.8 Å². The number of unbranched alkanes of at least 4 members (excludes halogenated alkanes) is 47. The molecule has 2 unspecified atom stereocenters. The molecule has 576 valence electrons. The smallest absolute Gasteiger partial charge is 0.462 e. The number of aliphatic hydroxyl groups is 1. The lowest BCUT2D eigenvalue weighted by Crippen LogP contribution is -2.30. The van der Waals surface area contributed by atoms with E-state index in [9.17, 15) is 43.2 Å². The Morgan fingerprint density at radius 2 is 0.474 bits per heavy atom. The summed E-state index contributed by atoms with van der Waals surface area (Å²) in [6.45, 7) is 9.60. The van der Waals surface area contributed by atoms with Crippen LogP contribution in [0, 0.1) is 11.8 Å². The third kappa shape index (κ3) is 72.2. The quantitative estimate of drug-likeness (QED) is 0.0222. The number of phosphoric acid groups is 2. The minimum absolute atomic E-state index is 0.107. The van der Waals surface area contributed by atoms with Gasteiger partial charge in [0.15, 0.2) is 12.2 Å². The van der Waals surface area contributed by atoms with Gasteiger partial charge in [0.1, 0.15) is 19.3 Å². The van der Waals surface area contributed by atoms with E-state index >= 15 is 0 Å². The second kappa shape index (κ2) is 69.8. The Bertz CT molecular complexity index is 1870. The summed E-state index contributed by atoms with van der Waals surface area (Å²) in [5, 5.41) is 10.6. The van der Waals surface area contributed by atoms with Gasteiger partial charge in [-0.25, -0.2) is 9.13 Å². The SMILES string of the molecule is CCCCCCCCCCCCCCCCCCCCCCC(=O)O[C@H](COC(=O)CCCCCCCCCCCCCC(C)C)COP(=O)(O)OC[C@@H](O)COP(=O)(O)OC[C@@H](COC(=O)CCCCCCCCCCC)OC(=O)CCCCCCCCCCCCCC(C)C. The molecule has 0 radical (unpaired) electrons. The van der Waals surface area contributed by atoms with Crippen LogP contribution in [0.2, 0.25) is 0 Å². The molecule has 17 nitrogen and oxygen atoms in total. The standard InChI is InChI=1S/C78H152O17P2/c1-7-9-11-13-15-17-18-19-20-21-22-23-24-25-26-31-38-44-50-56-62-77(82)95-74(67-89-76(81)61-55-49-43-37-32-27-29-35-40-46-52-58-70(3)4)69-93-97(86,87)91-65-72(79)64-90-96(84,85)92-68-73(66-88-75(80)60-54-48-42-34-16-14-12-10-8-2)94-78(83)63-57-51-45-39-33-28-30-36-41-47-53-59-71(5)6/h70-74,79H,7-69H2,1-6H3,(H,84,85)(H,86,87)/t72-,73+,74+/m0/s1. The summed E-state index contributed by atoms with van der Waals surface area (Å²) in [4.78, 5) is 72.8. The molecule has 0 aliphatic carbocycles. The Morgan fingerprint density at radius 3 is 0.701 bits per heavy atom. The van der Waals surface area contributed by atoms with E-state index in [1.54, 1.807) is 0 Å². The second-order valence-corrected chi connectivity index (χ2v) is 32.0. The van der Waals surface area contributed by atoms with Gasteiger partial charge in [-0.3, -0.25) is 37.3 Å². The Morgan fingerprint density at radius 1 is 0.278 bits per heavy atom. The number of phosphoric ester groups is 2. The Hall–Kier alpha value is -1.94. The van der Waals surface area contributed by atoms with Crippen molar-refractivity contribution in [2.45, 2.75) is 426 Å². The Labute approximate surface area is 594 Å². The molecule has 0 saturated carbocycles. The second-order valence-electron chi connectivity index (χ2n) is 29.1. The maximum atomic E-state index is 13.1. The number of hydrogen-bond donors (Lipinski definition) is 3. The minimum atomic E-state index is -4.96. The summed E-state index contributed by atoms with van der Waals surface area (Å²) in [6, 6.07) is 0. The largest absolute Gasteiger partial charge is 0.472 e. The first-order valence-electron chi connectivity index (χ1n) is 40.5. The average molecular weight is 1420 g/mol. The van der Waals surface area contributed by atoms with Crippen LogP contribution in [-0.4, -0.2) is 96.7 Å². The lowest BCUT2D eigenvalue weighted by atomic mass is 10.0. The summed E-state index contributed by atoms with van der Waals surface area (Å²) < 4.78 is 68.6. The van der Waals surface area contributed by atoms with E-state index in [1.165, 1.54) is 225 Å². The zero-order valence-corrected chi connectivity index (χ0v) is 65.2. The maximum absolute atomic E-state index is 13.1. The van der Waals surface area contributed by atoms with Crippen LogP contribution in [0.25, 0.3) is 0 Å². The minimum Gasteiger partial charge on any atom is -0.462 e. The molecule has 0 aromatic carbocycles. The molecule has 0 aromatic heterocycles. The highest BCUT2D eigenvalue weighted by molar-refractivity contribution is 7.47. The first-order valence-corrected chi connectivity index (χ1v) is 43.5. The van der Waals surface area contributed by atoms with E-state index in [0.717, 1.165) is 102 Å². The van der Waals surface area contributed by atoms with Gasteiger partial charge in [0.05, 0.1) is 26.4 Å². The predicted molar refractivity (Wildman–Crippen MR) is 395 cm³/mol. The summed E-state index contributed by atoms with van der Waals surface area (Å²) in [5.41, 5.74) is 0. The normalized spacial score (nSPS) is 14.0. The predicted octanol–water partition coefficient (Wildman–Crippen LogP) is 23.1. The topological polar surface area (TPSA) is 237 Å². The lowest BCUT2D eigenvalue weighted by Gasteiger charge is -2.21. The molecule has 0 saturated heterocycles. The number of esters is 4. The van der Waals surface area contributed by atoms with Crippen molar-refractivity contribution in [3.8, 4) is 0 Å². The zero-order chi connectivity index (χ0) is 71.4. The number of ether oxygens (including phenoxy) is 4. The van der Waals surface area contributed by atoms with Crippen LogP contribution < -0.4 is 0 Å². The van der Waals surface area contributed by atoms with Crippen molar-refractivity contribution in [1.29, 1.82) is 0 Å². The van der Waals surface area contributed by atoms with Crippen LogP contribution in [0.5, 0.6) is 0 Å². The molecule has 0 rings (SSSR count). The molecule has 0 bridgehead atoms. The van der Waals surface area contributed by atoms with E-state index in [2.05, 4.69) is 41.5 Å². The molecule has 0 aliphatic rings. The number of aliphatic hydroxyl groups excluding tert-OH is 1. The van der Waals surface area contributed by atoms with Crippen molar-refractivity contribution in [2.24, 2.45) is 11.8 Å². The third-order valence-electron chi connectivity index (χ3n) is 18.2. The van der Waals surface area contributed by atoms with Crippen molar-refractivity contribution in [1.82, 2.24) is 0 Å². The highest BCUT2D eigenvalue weighted by Crippen LogP contribution is 2.45. The molecular weight excluding hydrogens is 1270 g/mol. The van der Waals surface area contributed by atoms with Gasteiger partial charge in [-0.15, -0.1) is 0 Å². The number of carbonyl (C=O) groups is 4. The van der Waals surface area contributed by atoms with E-state index < -0.39 is 97.5 Å². The van der Waals surface area contributed by atoms with Crippen LogP contribution >= 0.6 is 15.6 Å². The summed E-state index contributed by atoms with van der Waals surface area (Å²) in [7, 11) is -9.91. The van der Waals surface area contributed by atoms with Crippen molar-refractivity contribution >= 4 is 39.5 Å². The van der Waals surface area contributed by atoms with Gasteiger partial charge >= 0.3 is 39.5 Å². The third-order valence-corrected chi connectivity index (χ3v) is 20.1. The van der Waals surface area contributed by atoms with Crippen molar-refractivity contribution in [3.63, 3.8) is 0 Å². The first kappa shape index (κ1) is 95.1. The number of hydrogen-bond acceptors (Lipinski definition) is 15. The monoisotopic (exact) mass is 1420 g/mol. The molecule has 0 aliphatic heterocycles. The summed E-state index contributed by atoms with van der Waals surface area (Å²) in [5.74, 6) is -0.578. The molecule has 0 fully saturated rings. The van der Waals surface area contributed by atoms with Gasteiger partial charge in [0.2, 0.25) is 0 Å². The van der Waals surface area contributed by atoms with Gasteiger partial charge in [0, 0.05) is 25.7 Å². The first-order chi connectivity index (χ1) is 46.9. The summed E-state index contributed by atoms with van der Waals surface area (Å²) in [6.07, 6.45) is 58.3. The van der Waals surface area contributed by atoms with Gasteiger partial charge in [-0.2, -0.15) is 0 Å². The fourth-order valence-electron chi connectivity index (χ4n) is 12.0. The van der Waals surface area contributed by atoms with Crippen LogP contribution in [-0.2, 0) is 65.4 Å². The number of rotatable bonds is 77. The molecule has 5 atom stereocenters. The fraction of sp³-hybridized carbons (Fsp3) is 0.949. The van der Waals surface area contributed by atoms with Gasteiger partial charge in [-0.05, 0) is 37.5 Å². The van der Waals surface area contributed by atoms with Crippen LogP contribution in [0.4, 0.5) is 0 Å². The molecule has 19 heteroatoms. The van der Waals surface area contributed by atoms with Crippen LogP contribution in [0.3, 0.4) is 0 Å². The van der Waals surface area contributed by atoms with E-state index in [1.807, 2.05) is 0 Å². The average Bonchev–Trinajstić information content (AvgIpc) is 1.16. The van der Waals surface area contributed by atoms with Crippen molar-refractivity contribution in [3.05, 3.63) is 0 Å². The molecule has 0 heterocycles. The molecule has 97 heavy (non-hydrogen) atoms. The molecule has 0 amide bonds. The zero-order valence-electron chi connectivity index (χ0n) is 63.4. The molecule has 3 N–H and O–H groups in total. The Balaban J connectivity index is 5.21. The maximum Gasteiger partial charge on any atom is 0.472 e. The Kier molecular flexibility index (Phi) is 68.4. The lowest BCUT2D eigenvalue weighted by molar-refractivity contribution is -0.161. The van der Waals surface area contributed by atoms with Crippen LogP contribution in [0.1, 0.15) is 408 Å². The van der Waals surface area contributed by atoms with Gasteiger partial charge in [0.25, 0.3) is 0 Å². The highest BCUT2D eigenvalue weighted by atomic mass is 31.2. The number of carbonyl (C=O) groups excluding carboxylic acids is 4. The van der Waals surface area contributed by atoms with Crippen LogP contribution in [0.15, 0.2) is 0 Å². The summed E-state index contributed by atoms with van der Waals surface area (Å²) >= 11 is 0. The van der Waals surface area contributed by atoms with E-state index in [0.29, 0.717) is 25.7 Å². The molecule has 0 spiro atoms. The van der Waals surface area contributed by atoms with E-state index in [4.69, 9.17) is 37.0 Å². The fourth-order valence-corrected chi connectivity index (χ4v) is 13.6.